The fraction of sp³-hybridized carbons (Fsp3) is 0.692. The van der Waals surface area contributed by atoms with Gasteiger partial charge in [-0.2, -0.15) is 0 Å². The van der Waals surface area contributed by atoms with Gasteiger partial charge in [0.1, 0.15) is 0 Å². The third-order valence-corrected chi connectivity index (χ3v) is 4.72. The van der Waals surface area contributed by atoms with Gasteiger partial charge in [-0.1, -0.05) is 0 Å². The Morgan fingerprint density at radius 2 is 2.11 bits per heavy atom. The number of thiophene rings is 1. The second kappa shape index (κ2) is 8.27. The Labute approximate surface area is 122 Å². The quantitative estimate of drug-likeness (QED) is 0.718. The number of hydrogen-bond acceptors (Lipinski definition) is 4. The number of unbranched alkanes of at least 4 members (excludes halogenated alkanes) is 2. The SMILES string of the molecule is CC(N)C(c1ccc(Br)s1)N(C)CCCCCO. The third-order valence-electron chi connectivity index (χ3n) is 3.03. The molecule has 0 radical (unpaired) electrons. The van der Waals surface area contributed by atoms with Crippen molar-refractivity contribution >= 4 is 27.3 Å². The molecule has 0 saturated carbocycles. The lowest BCUT2D eigenvalue weighted by Crippen LogP contribution is -2.37. The van der Waals surface area contributed by atoms with Gasteiger partial charge >= 0.3 is 0 Å². The fourth-order valence-corrected chi connectivity index (χ4v) is 3.86. The van der Waals surface area contributed by atoms with Crippen LogP contribution >= 0.6 is 27.3 Å². The Bertz CT molecular complexity index is 343. The first-order valence-electron chi connectivity index (χ1n) is 6.38. The topological polar surface area (TPSA) is 49.5 Å². The Kier molecular flexibility index (Phi) is 7.41. The van der Waals surface area contributed by atoms with Gasteiger partial charge in [0.15, 0.2) is 0 Å². The van der Waals surface area contributed by atoms with E-state index in [0.29, 0.717) is 0 Å². The zero-order valence-corrected chi connectivity index (χ0v) is 13.5. The van der Waals surface area contributed by atoms with Crippen LogP contribution in [-0.2, 0) is 0 Å². The zero-order chi connectivity index (χ0) is 13.5. The largest absolute Gasteiger partial charge is 0.396 e. The van der Waals surface area contributed by atoms with Crippen LogP contribution < -0.4 is 5.73 Å². The Morgan fingerprint density at radius 3 is 2.61 bits per heavy atom. The van der Waals surface area contributed by atoms with E-state index in [1.807, 2.05) is 0 Å². The first-order valence-corrected chi connectivity index (χ1v) is 7.99. The van der Waals surface area contributed by atoms with Gasteiger partial charge < -0.3 is 10.8 Å². The molecule has 0 amide bonds. The Balaban J connectivity index is 2.56. The van der Waals surface area contributed by atoms with Crippen LogP contribution in [0.1, 0.15) is 37.1 Å². The van der Waals surface area contributed by atoms with Crippen molar-refractivity contribution in [3.8, 4) is 0 Å². The van der Waals surface area contributed by atoms with E-state index in [4.69, 9.17) is 10.8 Å². The van der Waals surface area contributed by atoms with Crippen LogP contribution in [0.4, 0.5) is 0 Å². The minimum Gasteiger partial charge on any atom is -0.396 e. The molecule has 18 heavy (non-hydrogen) atoms. The van der Waals surface area contributed by atoms with Gasteiger partial charge in [0.2, 0.25) is 0 Å². The number of nitrogens with zero attached hydrogens (tertiary/aromatic N) is 1. The van der Waals surface area contributed by atoms with Gasteiger partial charge in [-0.3, -0.25) is 4.90 Å². The number of rotatable bonds is 8. The normalized spacial score (nSPS) is 15.0. The number of aliphatic hydroxyl groups is 1. The molecule has 2 unspecified atom stereocenters. The van der Waals surface area contributed by atoms with Crippen molar-refractivity contribution in [3.63, 3.8) is 0 Å². The summed E-state index contributed by atoms with van der Waals surface area (Å²) in [7, 11) is 2.13. The summed E-state index contributed by atoms with van der Waals surface area (Å²) in [6, 6.07) is 4.61. The van der Waals surface area contributed by atoms with Crippen molar-refractivity contribution in [1.29, 1.82) is 0 Å². The van der Waals surface area contributed by atoms with Crippen LogP contribution in [0.3, 0.4) is 0 Å². The highest BCUT2D eigenvalue weighted by Gasteiger charge is 2.22. The number of aliphatic hydroxyl groups excluding tert-OH is 1. The van der Waals surface area contributed by atoms with Crippen molar-refractivity contribution in [2.24, 2.45) is 5.73 Å². The first kappa shape index (κ1) is 16.1. The summed E-state index contributed by atoms with van der Waals surface area (Å²) >= 11 is 5.25. The lowest BCUT2D eigenvalue weighted by Gasteiger charge is -2.30. The maximum absolute atomic E-state index is 8.77. The molecule has 2 atom stereocenters. The monoisotopic (exact) mass is 334 g/mol. The average Bonchev–Trinajstić information content (AvgIpc) is 2.71. The Hall–Kier alpha value is 0.0600. The van der Waals surface area contributed by atoms with Crippen molar-refractivity contribution in [1.82, 2.24) is 4.90 Å². The smallest absolute Gasteiger partial charge is 0.0702 e. The van der Waals surface area contributed by atoms with E-state index < -0.39 is 0 Å². The summed E-state index contributed by atoms with van der Waals surface area (Å²) in [5, 5.41) is 8.77. The van der Waals surface area contributed by atoms with Gasteiger partial charge in [-0.05, 0) is 67.8 Å². The number of hydrogen-bond donors (Lipinski definition) is 2. The summed E-state index contributed by atoms with van der Waals surface area (Å²) in [6.45, 7) is 3.36. The summed E-state index contributed by atoms with van der Waals surface area (Å²) in [6.07, 6.45) is 3.06. The van der Waals surface area contributed by atoms with Crippen LogP contribution in [0, 0.1) is 0 Å². The molecule has 0 spiro atoms. The summed E-state index contributed by atoms with van der Waals surface area (Å²) in [5.41, 5.74) is 6.12. The molecular weight excluding hydrogens is 312 g/mol. The van der Waals surface area contributed by atoms with E-state index in [-0.39, 0.29) is 18.7 Å². The maximum Gasteiger partial charge on any atom is 0.0702 e. The van der Waals surface area contributed by atoms with Crippen LogP contribution in [0.5, 0.6) is 0 Å². The first-order chi connectivity index (χ1) is 8.56. The highest BCUT2D eigenvalue weighted by Crippen LogP contribution is 2.31. The molecule has 3 N–H and O–H groups in total. The van der Waals surface area contributed by atoms with Crippen molar-refractivity contribution in [3.05, 3.63) is 20.8 Å². The van der Waals surface area contributed by atoms with E-state index >= 15 is 0 Å². The zero-order valence-electron chi connectivity index (χ0n) is 11.1. The molecule has 1 aromatic rings. The van der Waals surface area contributed by atoms with Gasteiger partial charge in [0.05, 0.1) is 9.83 Å². The van der Waals surface area contributed by atoms with Crippen LogP contribution in [0.15, 0.2) is 15.9 Å². The highest BCUT2D eigenvalue weighted by molar-refractivity contribution is 9.11. The third kappa shape index (κ3) is 4.97. The van der Waals surface area contributed by atoms with Gasteiger partial charge in [-0.15, -0.1) is 11.3 Å². The van der Waals surface area contributed by atoms with Crippen LogP contribution in [0.25, 0.3) is 0 Å². The van der Waals surface area contributed by atoms with E-state index in [0.717, 1.165) is 29.6 Å². The second-order valence-corrected chi connectivity index (χ2v) is 7.21. The maximum atomic E-state index is 8.77. The summed E-state index contributed by atoms with van der Waals surface area (Å²) in [5.74, 6) is 0. The lowest BCUT2D eigenvalue weighted by molar-refractivity contribution is 0.213. The van der Waals surface area contributed by atoms with E-state index in [2.05, 4.69) is 46.9 Å². The molecule has 0 fully saturated rings. The molecule has 0 aromatic carbocycles. The average molecular weight is 335 g/mol. The predicted molar refractivity (Wildman–Crippen MR) is 82.0 cm³/mol. The molecule has 0 aliphatic rings. The Morgan fingerprint density at radius 1 is 1.39 bits per heavy atom. The molecule has 1 heterocycles. The minimum atomic E-state index is 0.110. The number of nitrogens with two attached hydrogens (primary N) is 1. The molecule has 1 rings (SSSR count). The van der Waals surface area contributed by atoms with E-state index in [1.54, 1.807) is 11.3 Å². The number of likely N-dealkylation sites (N-methyl/N-ethyl adjacent to an activating group) is 1. The van der Waals surface area contributed by atoms with Gasteiger partial charge in [0.25, 0.3) is 0 Å². The van der Waals surface area contributed by atoms with Crippen molar-refractivity contribution in [2.45, 2.75) is 38.3 Å². The summed E-state index contributed by atoms with van der Waals surface area (Å²) < 4.78 is 1.15. The standard InChI is InChI=1S/C13H23BrN2OS/c1-10(15)13(11-6-7-12(14)18-11)16(2)8-4-3-5-9-17/h6-7,10,13,17H,3-5,8-9,15H2,1-2H3. The number of halogens is 1. The highest BCUT2D eigenvalue weighted by atomic mass is 79.9. The molecule has 0 aliphatic heterocycles. The minimum absolute atomic E-state index is 0.110. The van der Waals surface area contributed by atoms with Crippen LogP contribution in [-0.4, -0.2) is 36.2 Å². The van der Waals surface area contributed by atoms with E-state index in [9.17, 15) is 0 Å². The molecule has 104 valence electrons. The van der Waals surface area contributed by atoms with Crippen LogP contribution in [0.2, 0.25) is 0 Å². The predicted octanol–water partition coefficient (Wildman–Crippen LogP) is 2.99. The van der Waals surface area contributed by atoms with Gasteiger partial charge in [0, 0.05) is 17.5 Å². The molecular formula is C13H23BrN2OS. The lowest BCUT2D eigenvalue weighted by atomic mass is 10.1. The molecule has 1 aromatic heterocycles. The summed E-state index contributed by atoms with van der Waals surface area (Å²) in [4.78, 5) is 3.63. The fourth-order valence-electron chi connectivity index (χ4n) is 2.15. The molecule has 5 heteroatoms. The van der Waals surface area contributed by atoms with Gasteiger partial charge in [-0.25, -0.2) is 0 Å². The molecule has 0 bridgehead atoms. The van der Waals surface area contributed by atoms with E-state index in [1.165, 1.54) is 4.88 Å². The molecule has 0 aliphatic carbocycles. The second-order valence-electron chi connectivity index (χ2n) is 4.71. The molecule has 3 nitrogen and oxygen atoms in total. The van der Waals surface area contributed by atoms with Crippen molar-refractivity contribution < 1.29 is 5.11 Å². The van der Waals surface area contributed by atoms with Crippen molar-refractivity contribution in [2.75, 3.05) is 20.2 Å². The molecule has 0 saturated heterocycles.